The minimum atomic E-state index is 1.01. The molecule has 19 heavy (non-hydrogen) atoms. The van der Waals surface area contributed by atoms with Gasteiger partial charge < -0.3 is 10.3 Å². The van der Waals surface area contributed by atoms with Crippen molar-refractivity contribution in [3.05, 3.63) is 48.0 Å². The van der Waals surface area contributed by atoms with Crippen LogP contribution in [-0.4, -0.2) is 11.3 Å². The van der Waals surface area contributed by atoms with Crippen LogP contribution in [0.1, 0.15) is 5.56 Å². The Morgan fingerprint density at radius 1 is 1.05 bits per heavy atom. The Labute approximate surface area is 111 Å². The van der Waals surface area contributed by atoms with Crippen molar-refractivity contribution in [2.75, 3.05) is 5.32 Å². The molecule has 0 saturated carbocycles. The number of fused-ring (bicyclic) bond motifs is 5. The molecule has 0 amide bonds. The van der Waals surface area contributed by atoms with E-state index in [4.69, 9.17) is 0 Å². The molecule has 1 aliphatic rings. The summed E-state index contributed by atoms with van der Waals surface area (Å²) in [4.78, 5) is 8.04. The monoisotopic (exact) mass is 247 g/mol. The summed E-state index contributed by atoms with van der Waals surface area (Å²) in [5.41, 5.74) is 6.71. The maximum absolute atomic E-state index is 4.55. The van der Waals surface area contributed by atoms with Crippen molar-refractivity contribution in [3.8, 4) is 11.3 Å². The SMILES string of the molecule is Cc1ccc2c(c1)-c1[nH]c3ccccc3c1N=CN2. The fourth-order valence-corrected chi connectivity index (χ4v) is 2.61. The predicted molar refractivity (Wildman–Crippen MR) is 80.2 cm³/mol. The van der Waals surface area contributed by atoms with Gasteiger partial charge in [-0.15, -0.1) is 0 Å². The Kier molecular flexibility index (Phi) is 2.03. The number of nitrogens with zero attached hydrogens (tertiary/aromatic N) is 1. The lowest BCUT2D eigenvalue weighted by Gasteiger charge is -2.07. The van der Waals surface area contributed by atoms with E-state index in [2.05, 4.69) is 52.5 Å². The molecular formula is C16H13N3. The summed E-state index contributed by atoms with van der Waals surface area (Å²) in [7, 11) is 0. The van der Waals surface area contributed by atoms with Crippen LogP contribution in [0.2, 0.25) is 0 Å². The van der Waals surface area contributed by atoms with E-state index in [9.17, 15) is 0 Å². The summed E-state index contributed by atoms with van der Waals surface area (Å²) >= 11 is 0. The van der Waals surface area contributed by atoms with E-state index in [-0.39, 0.29) is 0 Å². The number of hydrogen-bond acceptors (Lipinski definition) is 2. The van der Waals surface area contributed by atoms with E-state index < -0.39 is 0 Å². The zero-order valence-corrected chi connectivity index (χ0v) is 10.6. The van der Waals surface area contributed by atoms with E-state index in [1.165, 1.54) is 11.1 Å². The Morgan fingerprint density at radius 3 is 2.89 bits per heavy atom. The summed E-state index contributed by atoms with van der Waals surface area (Å²) in [6.07, 6.45) is 1.76. The standard InChI is InChI=1S/C16H13N3/c1-10-6-7-13-12(8-10)16-15(18-9-17-13)11-4-2-3-5-14(11)19-16/h2-9,19H,1H3,(H,17,18). The molecule has 4 rings (SSSR count). The van der Waals surface area contributed by atoms with Gasteiger partial charge in [0.2, 0.25) is 0 Å². The second-order valence-corrected chi connectivity index (χ2v) is 4.85. The van der Waals surface area contributed by atoms with Gasteiger partial charge in [0.05, 0.1) is 17.7 Å². The van der Waals surface area contributed by atoms with Crippen LogP contribution < -0.4 is 5.32 Å². The summed E-state index contributed by atoms with van der Waals surface area (Å²) in [5, 5.41) is 4.40. The Morgan fingerprint density at radius 2 is 1.95 bits per heavy atom. The third kappa shape index (κ3) is 1.48. The van der Waals surface area contributed by atoms with E-state index in [0.717, 1.165) is 28.0 Å². The summed E-state index contributed by atoms with van der Waals surface area (Å²) in [5.74, 6) is 0. The quantitative estimate of drug-likeness (QED) is 0.613. The van der Waals surface area contributed by atoms with Crippen molar-refractivity contribution in [3.63, 3.8) is 0 Å². The Balaban J connectivity index is 2.12. The lowest BCUT2D eigenvalue weighted by atomic mass is 10.1. The largest absolute Gasteiger partial charge is 0.353 e. The third-order valence-corrected chi connectivity index (χ3v) is 3.54. The van der Waals surface area contributed by atoms with Crippen molar-refractivity contribution in [1.82, 2.24) is 4.98 Å². The number of nitrogens with one attached hydrogen (secondary N) is 2. The van der Waals surface area contributed by atoms with Gasteiger partial charge in [-0.1, -0.05) is 29.8 Å². The van der Waals surface area contributed by atoms with Gasteiger partial charge in [0, 0.05) is 22.2 Å². The first-order valence-electron chi connectivity index (χ1n) is 6.34. The van der Waals surface area contributed by atoms with Crippen LogP contribution in [0.4, 0.5) is 11.4 Å². The molecule has 3 aromatic rings. The molecule has 0 aliphatic carbocycles. The normalized spacial score (nSPS) is 12.7. The van der Waals surface area contributed by atoms with Crippen molar-refractivity contribution in [1.29, 1.82) is 0 Å². The van der Waals surface area contributed by atoms with E-state index >= 15 is 0 Å². The molecule has 1 aromatic heterocycles. The Hall–Kier alpha value is -2.55. The molecule has 1 aliphatic heterocycles. The van der Waals surface area contributed by atoms with Crippen molar-refractivity contribution in [2.24, 2.45) is 4.99 Å². The summed E-state index contributed by atoms with van der Waals surface area (Å²) in [6, 6.07) is 14.7. The van der Waals surface area contributed by atoms with Gasteiger partial charge in [-0.05, 0) is 25.1 Å². The van der Waals surface area contributed by atoms with Crippen molar-refractivity contribution in [2.45, 2.75) is 6.92 Å². The van der Waals surface area contributed by atoms with Gasteiger partial charge in [0.25, 0.3) is 0 Å². The van der Waals surface area contributed by atoms with E-state index in [1.54, 1.807) is 6.34 Å². The topological polar surface area (TPSA) is 40.2 Å². The highest BCUT2D eigenvalue weighted by Gasteiger charge is 2.17. The van der Waals surface area contributed by atoms with Gasteiger partial charge >= 0.3 is 0 Å². The second-order valence-electron chi connectivity index (χ2n) is 4.85. The number of rotatable bonds is 0. The molecule has 2 aromatic carbocycles. The lowest BCUT2D eigenvalue weighted by molar-refractivity contribution is 1.41. The first-order valence-corrected chi connectivity index (χ1v) is 6.34. The summed E-state index contributed by atoms with van der Waals surface area (Å²) in [6.45, 7) is 2.11. The molecule has 0 saturated heterocycles. The molecule has 2 heterocycles. The van der Waals surface area contributed by atoms with Crippen LogP contribution in [0.3, 0.4) is 0 Å². The maximum Gasteiger partial charge on any atom is 0.0982 e. The van der Waals surface area contributed by atoms with Crippen LogP contribution in [-0.2, 0) is 0 Å². The number of hydrogen-bond donors (Lipinski definition) is 2. The average molecular weight is 247 g/mol. The van der Waals surface area contributed by atoms with Crippen LogP contribution in [0.5, 0.6) is 0 Å². The van der Waals surface area contributed by atoms with Crippen LogP contribution in [0.25, 0.3) is 22.2 Å². The number of H-pyrrole nitrogens is 1. The molecule has 3 nitrogen and oxygen atoms in total. The van der Waals surface area contributed by atoms with Gasteiger partial charge in [-0.25, -0.2) is 4.99 Å². The molecule has 92 valence electrons. The summed E-state index contributed by atoms with van der Waals surface area (Å²) < 4.78 is 0. The third-order valence-electron chi connectivity index (χ3n) is 3.54. The van der Waals surface area contributed by atoms with Crippen molar-refractivity contribution < 1.29 is 0 Å². The zero-order chi connectivity index (χ0) is 12.8. The van der Waals surface area contributed by atoms with E-state index in [1.807, 2.05) is 12.1 Å². The number of aliphatic imine (C=N–C) groups is 1. The molecule has 0 fully saturated rings. The first-order chi connectivity index (χ1) is 9.33. The van der Waals surface area contributed by atoms with Gasteiger partial charge in [-0.3, -0.25) is 0 Å². The molecule has 0 atom stereocenters. The maximum atomic E-state index is 4.55. The molecule has 2 N–H and O–H groups in total. The second kappa shape index (κ2) is 3.72. The first kappa shape index (κ1) is 10.4. The molecular weight excluding hydrogens is 234 g/mol. The highest BCUT2D eigenvalue weighted by Crippen LogP contribution is 2.41. The van der Waals surface area contributed by atoms with Crippen LogP contribution >= 0.6 is 0 Å². The van der Waals surface area contributed by atoms with Crippen LogP contribution in [0, 0.1) is 6.92 Å². The van der Waals surface area contributed by atoms with Gasteiger partial charge in [0.1, 0.15) is 0 Å². The van der Waals surface area contributed by atoms with Crippen molar-refractivity contribution >= 4 is 28.6 Å². The smallest absolute Gasteiger partial charge is 0.0982 e. The number of para-hydroxylation sites is 1. The number of anilines is 1. The van der Waals surface area contributed by atoms with Crippen LogP contribution in [0.15, 0.2) is 47.5 Å². The molecule has 0 bridgehead atoms. The van der Waals surface area contributed by atoms with E-state index in [0.29, 0.717) is 0 Å². The molecule has 0 unspecified atom stereocenters. The molecule has 0 spiro atoms. The fourth-order valence-electron chi connectivity index (χ4n) is 2.61. The number of aromatic amines is 1. The minimum absolute atomic E-state index is 1.01. The van der Waals surface area contributed by atoms with Gasteiger partial charge in [-0.2, -0.15) is 0 Å². The number of benzene rings is 2. The molecule has 0 radical (unpaired) electrons. The fraction of sp³-hybridized carbons (Fsp3) is 0.0625. The van der Waals surface area contributed by atoms with Gasteiger partial charge in [0.15, 0.2) is 0 Å². The predicted octanol–water partition coefficient (Wildman–Crippen LogP) is 4.23. The highest BCUT2D eigenvalue weighted by atomic mass is 15.0. The average Bonchev–Trinajstić information content (AvgIpc) is 2.70. The highest BCUT2D eigenvalue weighted by molar-refractivity contribution is 6.05. The Bertz CT molecular complexity index is 812. The zero-order valence-electron chi connectivity index (χ0n) is 10.6. The lowest BCUT2D eigenvalue weighted by Crippen LogP contribution is -1.94. The molecule has 3 heteroatoms. The number of aromatic nitrogens is 1. The minimum Gasteiger partial charge on any atom is -0.353 e. The number of aryl methyl sites for hydroxylation is 1.